The van der Waals surface area contributed by atoms with Crippen molar-refractivity contribution in [2.75, 3.05) is 6.61 Å². The van der Waals surface area contributed by atoms with E-state index < -0.39 is 0 Å². The van der Waals surface area contributed by atoms with Gasteiger partial charge in [-0.15, -0.1) is 6.58 Å². The van der Waals surface area contributed by atoms with Gasteiger partial charge in [-0.05, 0) is 19.3 Å². The van der Waals surface area contributed by atoms with Crippen LogP contribution in [-0.2, 0) is 9.53 Å². The molecule has 0 aromatic heterocycles. The fourth-order valence-electron chi connectivity index (χ4n) is 1.56. The second kappa shape index (κ2) is 5.81. The zero-order valence-corrected chi connectivity index (χ0v) is 8.79. The van der Waals surface area contributed by atoms with E-state index in [-0.39, 0.29) is 18.1 Å². The molecule has 80 valence electrons. The zero-order valence-electron chi connectivity index (χ0n) is 8.79. The maximum absolute atomic E-state index is 11.5. The number of ether oxygens (including phenoxy) is 1. The Hall–Kier alpha value is -0.830. The quantitative estimate of drug-likeness (QED) is 0.413. The van der Waals surface area contributed by atoms with Gasteiger partial charge in [0.05, 0.1) is 6.61 Å². The molecule has 1 aliphatic rings. The molecule has 1 rings (SSSR count). The molecule has 1 N–H and O–H groups in total. The van der Waals surface area contributed by atoms with Crippen LogP contribution in [0.15, 0.2) is 12.7 Å². The summed E-state index contributed by atoms with van der Waals surface area (Å²) in [5.41, 5.74) is 0. The normalized spacial score (nSPS) is 26.1. The second-order valence-corrected chi connectivity index (χ2v) is 3.66. The molecule has 0 radical (unpaired) electrons. The predicted octanol–water partition coefficient (Wildman–Crippen LogP) is 1.64. The highest BCUT2D eigenvalue weighted by molar-refractivity contribution is 5.76. The molecule has 0 saturated carbocycles. The summed E-state index contributed by atoms with van der Waals surface area (Å²) in [7, 11) is 0. The molecule has 3 nitrogen and oxygen atoms in total. The van der Waals surface area contributed by atoms with Gasteiger partial charge in [-0.2, -0.15) is 0 Å². The average Bonchev–Trinajstić information content (AvgIpc) is 2.66. The van der Waals surface area contributed by atoms with Crippen LogP contribution >= 0.6 is 0 Å². The van der Waals surface area contributed by atoms with E-state index in [0.29, 0.717) is 6.61 Å². The van der Waals surface area contributed by atoms with Crippen LogP contribution in [0.4, 0.5) is 0 Å². The van der Waals surface area contributed by atoms with Gasteiger partial charge in [-0.3, -0.25) is 10.1 Å². The fraction of sp³-hybridized carbons (Fsp3) is 0.727. The van der Waals surface area contributed by atoms with Crippen molar-refractivity contribution in [3.05, 3.63) is 12.7 Å². The van der Waals surface area contributed by atoms with Crippen molar-refractivity contribution < 1.29 is 9.53 Å². The minimum atomic E-state index is -0.116. The Labute approximate surface area is 85.5 Å². The standard InChI is InChI=1S/C11H19NO2/c1-3-5-8-14-11(13)10-7-6-9(4-2)12-10/h4,9-10,12H,2-3,5-8H2,1H3/t9-,10-/m0/s1. The number of esters is 1. The van der Waals surface area contributed by atoms with E-state index in [0.717, 1.165) is 25.7 Å². The van der Waals surface area contributed by atoms with E-state index in [9.17, 15) is 4.79 Å². The molecule has 0 amide bonds. The smallest absolute Gasteiger partial charge is 0.323 e. The number of carbonyl (C=O) groups is 1. The number of hydrogen-bond acceptors (Lipinski definition) is 3. The average molecular weight is 197 g/mol. The number of unbranched alkanes of at least 4 members (excludes halogenated alkanes) is 1. The summed E-state index contributed by atoms with van der Waals surface area (Å²) < 4.78 is 5.12. The summed E-state index contributed by atoms with van der Waals surface area (Å²) in [5.74, 6) is -0.109. The summed E-state index contributed by atoms with van der Waals surface area (Å²) in [6.07, 6.45) is 5.70. The minimum Gasteiger partial charge on any atom is -0.465 e. The Morgan fingerprint density at radius 2 is 2.43 bits per heavy atom. The van der Waals surface area contributed by atoms with Gasteiger partial charge in [0.15, 0.2) is 0 Å². The van der Waals surface area contributed by atoms with Crippen molar-refractivity contribution in [2.24, 2.45) is 0 Å². The first-order valence-electron chi connectivity index (χ1n) is 5.33. The Bertz CT molecular complexity index is 203. The van der Waals surface area contributed by atoms with E-state index >= 15 is 0 Å². The molecular weight excluding hydrogens is 178 g/mol. The van der Waals surface area contributed by atoms with Gasteiger partial charge >= 0.3 is 5.97 Å². The zero-order chi connectivity index (χ0) is 10.4. The minimum absolute atomic E-state index is 0.109. The van der Waals surface area contributed by atoms with Crippen molar-refractivity contribution in [2.45, 2.75) is 44.7 Å². The molecule has 1 heterocycles. The van der Waals surface area contributed by atoms with Crippen LogP contribution in [0, 0.1) is 0 Å². The van der Waals surface area contributed by atoms with Gasteiger partial charge in [0.25, 0.3) is 0 Å². The molecule has 0 bridgehead atoms. The van der Waals surface area contributed by atoms with Crippen molar-refractivity contribution in [1.82, 2.24) is 5.32 Å². The summed E-state index contributed by atoms with van der Waals surface area (Å²) in [4.78, 5) is 11.5. The fourth-order valence-corrected chi connectivity index (χ4v) is 1.56. The van der Waals surface area contributed by atoms with E-state index in [4.69, 9.17) is 4.74 Å². The monoisotopic (exact) mass is 197 g/mol. The predicted molar refractivity (Wildman–Crippen MR) is 56.0 cm³/mol. The first kappa shape index (κ1) is 11.2. The SMILES string of the molecule is C=C[C@H]1CC[C@@H](C(=O)OCCCC)N1. The molecule has 3 heteroatoms. The maximum Gasteiger partial charge on any atom is 0.323 e. The lowest BCUT2D eigenvalue weighted by Gasteiger charge is -2.11. The molecular formula is C11H19NO2. The lowest BCUT2D eigenvalue weighted by molar-refractivity contribution is -0.145. The van der Waals surface area contributed by atoms with Crippen LogP contribution in [0.2, 0.25) is 0 Å². The van der Waals surface area contributed by atoms with Gasteiger partial charge in [0.1, 0.15) is 6.04 Å². The Morgan fingerprint density at radius 1 is 1.64 bits per heavy atom. The second-order valence-electron chi connectivity index (χ2n) is 3.66. The van der Waals surface area contributed by atoms with Crippen LogP contribution in [0.1, 0.15) is 32.6 Å². The summed E-state index contributed by atoms with van der Waals surface area (Å²) in [6, 6.07) is 0.161. The van der Waals surface area contributed by atoms with Crippen molar-refractivity contribution in [3.63, 3.8) is 0 Å². The van der Waals surface area contributed by atoms with E-state index in [1.807, 2.05) is 6.08 Å². The van der Waals surface area contributed by atoms with Crippen LogP contribution in [0.25, 0.3) is 0 Å². The van der Waals surface area contributed by atoms with Gasteiger partial charge in [0.2, 0.25) is 0 Å². The molecule has 1 fully saturated rings. The van der Waals surface area contributed by atoms with E-state index in [1.54, 1.807) is 0 Å². The summed E-state index contributed by atoms with van der Waals surface area (Å²) in [5, 5.41) is 3.17. The number of nitrogens with one attached hydrogen (secondary N) is 1. The Kier molecular flexibility index (Phi) is 4.66. The van der Waals surface area contributed by atoms with Crippen molar-refractivity contribution in [3.8, 4) is 0 Å². The number of rotatable bonds is 5. The van der Waals surface area contributed by atoms with Crippen molar-refractivity contribution >= 4 is 5.97 Å². The third-order valence-corrected chi connectivity index (χ3v) is 2.49. The molecule has 2 atom stereocenters. The topological polar surface area (TPSA) is 38.3 Å². The van der Waals surface area contributed by atoms with Gasteiger partial charge in [0, 0.05) is 6.04 Å². The number of carbonyl (C=O) groups excluding carboxylic acids is 1. The molecule has 0 unspecified atom stereocenters. The largest absolute Gasteiger partial charge is 0.465 e. The highest BCUT2D eigenvalue weighted by atomic mass is 16.5. The van der Waals surface area contributed by atoms with Gasteiger partial charge in [-0.25, -0.2) is 0 Å². The molecule has 0 spiro atoms. The third-order valence-electron chi connectivity index (χ3n) is 2.49. The first-order chi connectivity index (χ1) is 6.77. The summed E-state index contributed by atoms with van der Waals surface area (Å²) in [6.45, 7) is 6.32. The number of hydrogen-bond donors (Lipinski definition) is 1. The molecule has 1 saturated heterocycles. The summed E-state index contributed by atoms with van der Waals surface area (Å²) >= 11 is 0. The third kappa shape index (κ3) is 3.14. The highest BCUT2D eigenvalue weighted by Crippen LogP contribution is 2.14. The van der Waals surface area contributed by atoms with Crippen LogP contribution in [0.3, 0.4) is 0 Å². The molecule has 0 aliphatic carbocycles. The van der Waals surface area contributed by atoms with Crippen LogP contribution in [-0.4, -0.2) is 24.7 Å². The van der Waals surface area contributed by atoms with Crippen LogP contribution < -0.4 is 5.32 Å². The van der Waals surface area contributed by atoms with E-state index in [2.05, 4.69) is 18.8 Å². The van der Waals surface area contributed by atoms with Crippen LogP contribution in [0.5, 0.6) is 0 Å². The van der Waals surface area contributed by atoms with Gasteiger partial charge < -0.3 is 4.74 Å². The molecule has 0 aromatic rings. The molecule has 14 heavy (non-hydrogen) atoms. The van der Waals surface area contributed by atoms with Gasteiger partial charge in [-0.1, -0.05) is 19.4 Å². The molecule has 1 aliphatic heterocycles. The van der Waals surface area contributed by atoms with Crippen molar-refractivity contribution in [1.29, 1.82) is 0 Å². The Morgan fingerprint density at radius 3 is 3.00 bits per heavy atom. The first-order valence-corrected chi connectivity index (χ1v) is 5.33. The van der Waals surface area contributed by atoms with E-state index in [1.165, 1.54) is 0 Å². The maximum atomic E-state index is 11.5. The highest BCUT2D eigenvalue weighted by Gasteiger charge is 2.28. The lowest BCUT2D eigenvalue weighted by atomic mass is 10.2. The molecule has 0 aromatic carbocycles. The Balaban J connectivity index is 2.21. The lowest BCUT2D eigenvalue weighted by Crippen LogP contribution is -2.36.